The summed E-state index contributed by atoms with van der Waals surface area (Å²) in [7, 11) is 0. The van der Waals surface area contributed by atoms with Gasteiger partial charge in [0.15, 0.2) is 0 Å². The molecule has 5 rings (SSSR count). The van der Waals surface area contributed by atoms with Crippen LogP contribution in [-0.2, 0) is 9.53 Å². The van der Waals surface area contributed by atoms with Crippen molar-refractivity contribution in [3.63, 3.8) is 0 Å². The molecule has 36 heavy (non-hydrogen) atoms. The lowest BCUT2D eigenvalue weighted by Crippen LogP contribution is -2.49. The van der Waals surface area contributed by atoms with Crippen LogP contribution >= 0.6 is 11.6 Å². The minimum Gasteiger partial charge on any atom is -0.377 e. The zero-order valence-corrected chi connectivity index (χ0v) is 21.5. The van der Waals surface area contributed by atoms with Gasteiger partial charge in [0.2, 0.25) is 11.9 Å². The molecular formula is C27H33ClN6O2. The van der Waals surface area contributed by atoms with Crippen molar-refractivity contribution in [3.05, 3.63) is 52.8 Å². The fraction of sp³-hybridized carbons (Fsp3) is 0.481. The van der Waals surface area contributed by atoms with Gasteiger partial charge in [0.25, 0.3) is 0 Å². The van der Waals surface area contributed by atoms with Crippen LogP contribution in [0.4, 0.5) is 11.8 Å². The van der Waals surface area contributed by atoms with Crippen LogP contribution in [0.3, 0.4) is 0 Å². The second kappa shape index (κ2) is 11.0. The summed E-state index contributed by atoms with van der Waals surface area (Å²) in [6.07, 6.45) is 7.90. The maximum absolute atomic E-state index is 12.3. The fourth-order valence-electron chi connectivity index (χ4n) is 4.74. The third kappa shape index (κ3) is 5.71. The number of amides is 1. The van der Waals surface area contributed by atoms with Gasteiger partial charge in [-0.2, -0.15) is 0 Å². The van der Waals surface area contributed by atoms with Crippen LogP contribution in [0, 0.1) is 12.8 Å². The summed E-state index contributed by atoms with van der Waals surface area (Å²) in [4.78, 5) is 26.0. The Bertz CT molecular complexity index is 1210. The molecule has 3 N–H and O–H groups in total. The molecule has 1 aromatic carbocycles. The molecule has 2 aromatic heterocycles. The average molecular weight is 509 g/mol. The second-order valence-corrected chi connectivity index (χ2v) is 10.4. The number of aromatic nitrogens is 3. The van der Waals surface area contributed by atoms with Crippen molar-refractivity contribution in [1.82, 2.24) is 20.3 Å². The standard InChI is InChI=1S/C27H33ClN6O2/c1-16-3-6-19-7-10-23(34-25(19)24(16)28)32-21-8-4-18(5-9-21)11-29-27-30-12-20(13-31-27)17(2)26(35)33-22-14-36-15-22/h3,6-7,10,12-13,17-18,21-22H,4-5,8-9,11,14-15H2,1-2H3,(H,32,34)(H,33,35)(H,29,30,31)/t17-,18-,21-/m1/s1. The predicted octanol–water partition coefficient (Wildman–Crippen LogP) is 4.69. The van der Waals surface area contributed by atoms with Crippen LogP contribution in [0.15, 0.2) is 36.7 Å². The number of rotatable bonds is 8. The van der Waals surface area contributed by atoms with E-state index in [2.05, 4.69) is 38.1 Å². The van der Waals surface area contributed by atoms with Crippen molar-refractivity contribution in [2.24, 2.45) is 5.92 Å². The molecule has 0 spiro atoms. The molecule has 8 nitrogen and oxygen atoms in total. The monoisotopic (exact) mass is 508 g/mol. The number of fused-ring (bicyclic) bond motifs is 1. The Morgan fingerprint density at radius 3 is 2.50 bits per heavy atom. The van der Waals surface area contributed by atoms with Crippen LogP contribution in [0.25, 0.3) is 10.9 Å². The number of anilines is 2. The van der Waals surface area contributed by atoms with Crippen molar-refractivity contribution in [2.75, 3.05) is 30.4 Å². The van der Waals surface area contributed by atoms with E-state index in [9.17, 15) is 4.79 Å². The van der Waals surface area contributed by atoms with Gasteiger partial charge in [0.05, 0.1) is 35.7 Å². The first-order chi connectivity index (χ1) is 17.5. The zero-order valence-electron chi connectivity index (χ0n) is 20.8. The van der Waals surface area contributed by atoms with E-state index in [0.29, 0.717) is 31.1 Å². The number of pyridine rings is 1. The number of nitrogens with one attached hydrogen (secondary N) is 3. The highest BCUT2D eigenvalue weighted by Gasteiger charge is 2.25. The number of aryl methyl sites for hydroxylation is 1. The average Bonchev–Trinajstić information content (AvgIpc) is 2.88. The van der Waals surface area contributed by atoms with Crippen LogP contribution in [0.5, 0.6) is 0 Å². The molecule has 2 aliphatic rings. The largest absolute Gasteiger partial charge is 0.377 e. The maximum atomic E-state index is 12.3. The highest BCUT2D eigenvalue weighted by molar-refractivity contribution is 6.35. The Morgan fingerprint density at radius 2 is 1.81 bits per heavy atom. The van der Waals surface area contributed by atoms with Gasteiger partial charge in [-0.05, 0) is 63.1 Å². The quantitative estimate of drug-likeness (QED) is 0.406. The zero-order chi connectivity index (χ0) is 25.1. The predicted molar refractivity (Wildman–Crippen MR) is 143 cm³/mol. The van der Waals surface area contributed by atoms with Gasteiger partial charge in [-0.3, -0.25) is 4.79 Å². The number of hydrogen-bond donors (Lipinski definition) is 3. The minimum absolute atomic E-state index is 0.0184. The molecule has 9 heteroatoms. The summed E-state index contributed by atoms with van der Waals surface area (Å²) >= 11 is 6.48. The maximum Gasteiger partial charge on any atom is 0.227 e. The molecule has 1 saturated carbocycles. The van der Waals surface area contributed by atoms with Gasteiger partial charge < -0.3 is 20.7 Å². The summed E-state index contributed by atoms with van der Waals surface area (Å²) in [6.45, 7) is 5.89. The normalized spacial score (nSPS) is 21.0. The van der Waals surface area contributed by atoms with Crippen molar-refractivity contribution in [2.45, 2.75) is 57.5 Å². The SMILES string of the molecule is Cc1ccc2ccc(N[C@H]3CC[C@H](CNc4ncc([C@@H](C)C(=O)NC5COC5)cn4)CC3)nc2c1Cl. The highest BCUT2D eigenvalue weighted by atomic mass is 35.5. The topological polar surface area (TPSA) is 101 Å². The van der Waals surface area contributed by atoms with Gasteiger partial charge in [0, 0.05) is 35.9 Å². The Morgan fingerprint density at radius 1 is 1.08 bits per heavy atom. The van der Waals surface area contributed by atoms with Gasteiger partial charge in [-0.25, -0.2) is 15.0 Å². The van der Waals surface area contributed by atoms with E-state index >= 15 is 0 Å². The number of ether oxygens (including phenoxy) is 1. The number of halogens is 1. The molecule has 1 amide bonds. The first-order valence-electron chi connectivity index (χ1n) is 12.7. The Kier molecular flexibility index (Phi) is 7.53. The Labute approximate surface area is 216 Å². The Balaban J connectivity index is 1.07. The minimum atomic E-state index is -0.292. The molecular weight excluding hydrogens is 476 g/mol. The van der Waals surface area contributed by atoms with E-state index in [1.807, 2.05) is 26.0 Å². The molecule has 2 fully saturated rings. The number of carbonyl (C=O) groups is 1. The lowest BCUT2D eigenvalue weighted by Gasteiger charge is -2.29. The number of hydrogen-bond acceptors (Lipinski definition) is 7. The lowest BCUT2D eigenvalue weighted by atomic mass is 9.86. The third-order valence-electron chi connectivity index (χ3n) is 7.29. The molecule has 0 unspecified atom stereocenters. The van der Waals surface area contributed by atoms with Crippen molar-refractivity contribution in [1.29, 1.82) is 0 Å². The van der Waals surface area contributed by atoms with E-state index in [1.165, 1.54) is 0 Å². The molecule has 1 atom stereocenters. The number of benzene rings is 1. The van der Waals surface area contributed by atoms with Crippen LogP contribution in [0.1, 0.15) is 49.7 Å². The van der Waals surface area contributed by atoms with Crippen molar-refractivity contribution < 1.29 is 9.53 Å². The van der Waals surface area contributed by atoms with E-state index in [0.717, 1.165) is 65.1 Å². The van der Waals surface area contributed by atoms with Gasteiger partial charge in [-0.1, -0.05) is 23.7 Å². The van der Waals surface area contributed by atoms with Crippen molar-refractivity contribution >= 4 is 40.2 Å². The van der Waals surface area contributed by atoms with E-state index in [1.54, 1.807) is 12.4 Å². The molecule has 0 bridgehead atoms. The molecule has 0 radical (unpaired) electrons. The molecule has 1 aliphatic carbocycles. The van der Waals surface area contributed by atoms with Gasteiger partial charge in [-0.15, -0.1) is 0 Å². The van der Waals surface area contributed by atoms with Gasteiger partial charge >= 0.3 is 0 Å². The Hall–Kier alpha value is -2.97. The number of carbonyl (C=O) groups excluding carboxylic acids is 1. The number of nitrogens with zero attached hydrogens (tertiary/aromatic N) is 3. The lowest BCUT2D eigenvalue weighted by molar-refractivity contribution is -0.126. The van der Waals surface area contributed by atoms with Crippen LogP contribution in [0.2, 0.25) is 5.02 Å². The van der Waals surface area contributed by atoms with E-state index in [-0.39, 0.29) is 17.9 Å². The summed E-state index contributed by atoms with van der Waals surface area (Å²) in [6, 6.07) is 8.73. The van der Waals surface area contributed by atoms with Crippen LogP contribution < -0.4 is 16.0 Å². The highest BCUT2D eigenvalue weighted by Crippen LogP contribution is 2.29. The van der Waals surface area contributed by atoms with E-state index in [4.69, 9.17) is 21.3 Å². The molecule has 3 aromatic rings. The molecule has 1 aliphatic heterocycles. The first kappa shape index (κ1) is 24.7. The fourth-order valence-corrected chi connectivity index (χ4v) is 4.95. The van der Waals surface area contributed by atoms with E-state index < -0.39 is 0 Å². The van der Waals surface area contributed by atoms with Gasteiger partial charge in [0.1, 0.15) is 5.82 Å². The summed E-state index contributed by atoms with van der Waals surface area (Å²) in [5.41, 5.74) is 2.71. The summed E-state index contributed by atoms with van der Waals surface area (Å²) in [5.74, 6) is 1.75. The first-order valence-corrected chi connectivity index (χ1v) is 13.1. The van der Waals surface area contributed by atoms with Crippen LogP contribution in [-0.4, -0.2) is 52.7 Å². The molecule has 3 heterocycles. The smallest absolute Gasteiger partial charge is 0.227 e. The second-order valence-electron chi connectivity index (χ2n) is 10.0. The molecule has 1 saturated heterocycles. The summed E-state index contributed by atoms with van der Waals surface area (Å²) < 4.78 is 5.11. The van der Waals surface area contributed by atoms with Crippen molar-refractivity contribution in [3.8, 4) is 0 Å². The molecule has 190 valence electrons. The summed E-state index contributed by atoms with van der Waals surface area (Å²) in [5, 5.41) is 11.7. The third-order valence-corrected chi connectivity index (χ3v) is 7.77.